The third-order valence-electron chi connectivity index (χ3n) is 4.88. The molecule has 0 fully saturated rings. The van der Waals surface area contributed by atoms with Gasteiger partial charge in [0.15, 0.2) is 6.10 Å². The summed E-state index contributed by atoms with van der Waals surface area (Å²) in [5.41, 5.74) is -0.889. The zero-order valence-corrected chi connectivity index (χ0v) is 21.9. The molecule has 0 radical (unpaired) electrons. The van der Waals surface area contributed by atoms with Crippen molar-refractivity contribution in [2.45, 2.75) is 39.2 Å². The van der Waals surface area contributed by atoms with Gasteiger partial charge < -0.3 is 9.47 Å². The van der Waals surface area contributed by atoms with E-state index in [9.17, 15) is 19.7 Å². The molecular formula is C23H22BrClN4O6. The lowest BCUT2D eigenvalue weighted by molar-refractivity contribution is -0.386. The molecule has 0 unspecified atom stereocenters. The van der Waals surface area contributed by atoms with Crippen molar-refractivity contribution >= 4 is 56.3 Å². The predicted octanol–water partition coefficient (Wildman–Crippen LogP) is 4.84. The van der Waals surface area contributed by atoms with E-state index in [0.717, 1.165) is 10.7 Å². The number of carbonyl (C=O) groups excluding carboxylic acids is 1. The number of halogens is 2. The Morgan fingerprint density at radius 2 is 2.00 bits per heavy atom. The van der Waals surface area contributed by atoms with Gasteiger partial charge in [0.2, 0.25) is 5.75 Å². The molecule has 0 saturated heterocycles. The molecule has 0 spiro atoms. The van der Waals surface area contributed by atoms with Gasteiger partial charge in [-0.1, -0.05) is 48.3 Å². The Bertz CT molecular complexity index is 1410. The fourth-order valence-corrected chi connectivity index (χ4v) is 3.79. The van der Waals surface area contributed by atoms with E-state index in [1.54, 1.807) is 18.2 Å². The second kappa shape index (κ2) is 10.1. The molecule has 2 aromatic carbocycles. The summed E-state index contributed by atoms with van der Waals surface area (Å²) >= 11 is 9.46. The van der Waals surface area contributed by atoms with Gasteiger partial charge in [0.1, 0.15) is 5.82 Å². The van der Waals surface area contributed by atoms with E-state index >= 15 is 0 Å². The highest BCUT2D eigenvalue weighted by Crippen LogP contribution is 2.34. The number of esters is 1. The van der Waals surface area contributed by atoms with Crippen LogP contribution in [0.1, 0.15) is 39.1 Å². The molecule has 3 rings (SSSR count). The largest absolute Gasteiger partial charge is 0.471 e. The van der Waals surface area contributed by atoms with Crippen LogP contribution >= 0.6 is 27.5 Å². The maximum Gasteiger partial charge on any atom is 0.346 e. The van der Waals surface area contributed by atoms with Gasteiger partial charge in [-0.2, -0.15) is 9.78 Å². The Hall–Kier alpha value is -3.31. The monoisotopic (exact) mass is 564 g/mol. The lowest BCUT2D eigenvalue weighted by Gasteiger charge is -2.21. The lowest BCUT2D eigenvalue weighted by atomic mass is 9.95. The molecule has 0 aliphatic rings. The number of nitrogens with zero attached hydrogens (tertiary/aromatic N) is 4. The van der Waals surface area contributed by atoms with Crippen LogP contribution in [-0.2, 0) is 14.9 Å². The number of ether oxygens (including phenoxy) is 2. The van der Waals surface area contributed by atoms with Crippen molar-refractivity contribution < 1.29 is 19.2 Å². The molecule has 12 heteroatoms. The van der Waals surface area contributed by atoms with Crippen LogP contribution in [-0.4, -0.2) is 40.0 Å². The first-order chi connectivity index (χ1) is 16.3. The average molecular weight is 566 g/mol. The lowest BCUT2D eigenvalue weighted by Crippen LogP contribution is -2.29. The topological polar surface area (TPSA) is 126 Å². The highest BCUT2D eigenvalue weighted by atomic mass is 79.9. The van der Waals surface area contributed by atoms with Crippen LogP contribution in [0.5, 0.6) is 5.75 Å². The van der Waals surface area contributed by atoms with E-state index in [0.29, 0.717) is 21.2 Å². The number of benzene rings is 2. The van der Waals surface area contributed by atoms with Crippen molar-refractivity contribution in [3.63, 3.8) is 0 Å². The third kappa shape index (κ3) is 5.68. The number of fused-ring (bicyclic) bond motifs is 1. The molecule has 0 N–H and O–H groups in total. The van der Waals surface area contributed by atoms with Gasteiger partial charge in [0.25, 0.3) is 5.56 Å². The van der Waals surface area contributed by atoms with Crippen LogP contribution < -0.4 is 10.3 Å². The smallest absolute Gasteiger partial charge is 0.346 e. The van der Waals surface area contributed by atoms with Gasteiger partial charge in [-0.15, -0.1) is 0 Å². The summed E-state index contributed by atoms with van der Waals surface area (Å²) in [6.45, 7) is 7.02. The molecule has 0 saturated carbocycles. The van der Waals surface area contributed by atoms with Crippen LogP contribution in [0.25, 0.3) is 10.9 Å². The van der Waals surface area contributed by atoms with Gasteiger partial charge in [-0.3, -0.25) is 14.9 Å². The Morgan fingerprint density at radius 3 is 2.60 bits per heavy atom. The Morgan fingerprint density at radius 1 is 1.31 bits per heavy atom. The molecule has 35 heavy (non-hydrogen) atoms. The van der Waals surface area contributed by atoms with Crippen LogP contribution in [0.3, 0.4) is 0 Å². The summed E-state index contributed by atoms with van der Waals surface area (Å²) in [4.78, 5) is 40.9. The first-order valence-corrected chi connectivity index (χ1v) is 11.5. The third-order valence-corrected chi connectivity index (χ3v) is 5.59. The zero-order valence-electron chi connectivity index (χ0n) is 19.5. The van der Waals surface area contributed by atoms with Gasteiger partial charge in [0.05, 0.1) is 29.2 Å². The number of hydrogen-bond acceptors (Lipinski definition) is 8. The molecule has 1 aromatic heterocycles. The second-order valence-electron chi connectivity index (χ2n) is 8.59. The van der Waals surface area contributed by atoms with Crippen molar-refractivity contribution in [2.24, 2.45) is 5.10 Å². The number of aromatic nitrogens is 2. The minimum absolute atomic E-state index is 0.0418. The molecule has 0 aliphatic heterocycles. The Balaban J connectivity index is 2.25. The summed E-state index contributed by atoms with van der Waals surface area (Å²) < 4.78 is 12.0. The SMILES string of the molecule is COC(=O)[C@H](C)Oc1c(C=Nn2c(C(C)(C)C)nc3ccc(Br)cc3c2=O)cc(Cl)cc1[N+](=O)[O-]. The highest BCUT2D eigenvalue weighted by Gasteiger charge is 2.26. The maximum atomic E-state index is 13.4. The standard InChI is InChI=1S/C23H22BrClN4O6/c1-12(21(31)34-5)35-19-13(8-15(25)10-18(19)29(32)33)11-26-28-20(30)16-9-14(24)6-7-17(16)27-22(28)23(2,3)4/h6-12H,1-5H3/t12-/m0/s1. The Kier molecular flexibility index (Phi) is 7.61. The predicted molar refractivity (Wildman–Crippen MR) is 136 cm³/mol. The van der Waals surface area contributed by atoms with Crippen LogP contribution in [0.15, 0.2) is 44.7 Å². The first kappa shape index (κ1) is 26.3. The van der Waals surface area contributed by atoms with Crippen molar-refractivity contribution in [1.82, 2.24) is 9.66 Å². The molecule has 10 nitrogen and oxygen atoms in total. The van der Waals surface area contributed by atoms with Gasteiger partial charge in [-0.05, 0) is 31.2 Å². The van der Waals surface area contributed by atoms with Crippen LogP contribution in [0.2, 0.25) is 5.02 Å². The molecule has 1 heterocycles. The number of nitro benzene ring substituents is 1. The number of hydrogen-bond donors (Lipinski definition) is 0. The van der Waals surface area contributed by atoms with Crippen molar-refractivity contribution in [3.05, 3.63) is 71.7 Å². The van der Waals surface area contributed by atoms with Gasteiger partial charge >= 0.3 is 11.7 Å². The molecule has 184 valence electrons. The average Bonchev–Trinajstić information content (AvgIpc) is 2.78. The van der Waals surface area contributed by atoms with E-state index in [2.05, 4.69) is 30.8 Å². The first-order valence-electron chi connectivity index (χ1n) is 10.3. The zero-order chi connectivity index (χ0) is 26.1. The Labute approximate surface area is 213 Å². The summed E-state index contributed by atoms with van der Waals surface area (Å²) in [7, 11) is 1.17. The van der Waals surface area contributed by atoms with E-state index < -0.39 is 33.7 Å². The van der Waals surface area contributed by atoms with Crippen LogP contribution in [0, 0.1) is 10.1 Å². The minimum Gasteiger partial charge on any atom is -0.471 e. The fourth-order valence-electron chi connectivity index (χ4n) is 3.21. The number of methoxy groups -OCH3 is 1. The van der Waals surface area contributed by atoms with Crippen molar-refractivity contribution in [2.75, 3.05) is 7.11 Å². The summed E-state index contributed by atoms with van der Waals surface area (Å²) in [5, 5.41) is 16.4. The number of nitro groups is 1. The van der Waals surface area contributed by atoms with Crippen molar-refractivity contribution in [3.8, 4) is 5.75 Å². The summed E-state index contributed by atoms with van der Waals surface area (Å²) in [6, 6.07) is 7.63. The fraction of sp³-hybridized carbons (Fsp3) is 0.304. The van der Waals surface area contributed by atoms with E-state index in [1.165, 1.54) is 26.3 Å². The maximum absolute atomic E-state index is 13.4. The molecule has 3 aromatic rings. The molecule has 0 amide bonds. The van der Waals surface area contributed by atoms with E-state index in [-0.39, 0.29) is 16.3 Å². The van der Waals surface area contributed by atoms with E-state index in [1.807, 2.05) is 20.8 Å². The summed E-state index contributed by atoms with van der Waals surface area (Å²) in [6.07, 6.45) is 0.0555. The minimum atomic E-state index is -1.15. The number of rotatable bonds is 6. The quantitative estimate of drug-likeness (QED) is 0.181. The van der Waals surface area contributed by atoms with Gasteiger partial charge in [0, 0.05) is 26.5 Å². The molecular weight excluding hydrogens is 544 g/mol. The van der Waals surface area contributed by atoms with E-state index in [4.69, 9.17) is 16.3 Å². The molecule has 0 bridgehead atoms. The van der Waals surface area contributed by atoms with Gasteiger partial charge in [-0.25, -0.2) is 9.78 Å². The van der Waals surface area contributed by atoms with Crippen LogP contribution in [0.4, 0.5) is 5.69 Å². The number of carbonyl (C=O) groups is 1. The second-order valence-corrected chi connectivity index (χ2v) is 9.94. The van der Waals surface area contributed by atoms with Crippen molar-refractivity contribution in [1.29, 1.82) is 0 Å². The molecule has 1 atom stereocenters. The molecule has 0 aliphatic carbocycles. The summed E-state index contributed by atoms with van der Waals surface area (Å²) in [5.74, 6) is -0.605. The normalized spacial score (nSPS) is 12.7. The highest BCUT2D eigenvalue weighted by molar-refractivity contribution is 9.10.